The summed E-state index contributed by atoms with van der Waals surface area (Å²) in [6.45, 7) is 17.5. The van der Waals surface area contributed by atoms with Crippen molar-refractivity contribution in [3.63, 3.8) is 0 Å². The quantitative estimate of drug-likeness (QED) is 0.201. The number of hydrogen-bond acceptors (Lipinski definition) is 10. The SMILES string of the molecule is C=C1CO[C@]2(C)[C@@H](CC)OC(=O)C(C)(F)C(=O)[C@H](C)[C@@H](O[C@@H]3O[C@H](C)C[C@H](N(C)C)[C@H]3O)[C@](C)(OC/C=C\c3ccccc3)C[C@@H](C)C(=O)C(C)[C@H]12. The molecule has 11 heteroatoms. The van der Waals surface area contributed by atoms with Crippen LogP contribution in [0, 0.1) is 23.7 Å². The molecule has 290 valence electrons. The Labute approximate surface area is 309 Å². The second-order valence-corrected chi connectivity index (χ2v) is 15.9. The van der Waals surface area contributed by atoms with Crippen molar-refractivity contribution >= 4 is 23.6 Å². The zero-order chi connectivity index (χ0) is 38.8. The van der Waals surface area contributed by atoms with Gasteiger partial charge in [0.1, 0.15) is 23.6 Å². The number of alkyl halides is 1. The van der Waals surface area contributed by atoms with Gasteiger partial charge in [0.05, 0.1) is 31.0 Å². The first-order chi connectivity index (χ1) is 24.3. The summed E-state index contributed by atoms with van der Waals surface area (Å²) in [4.78, 5) is 44.4. The van der Waals surface area contributed by atoms with E-state index < -0.39 is 76.9 Å². The van der Waals surface area contributed by atoms with Crippen LogP contribution in [0.25, 0.3) is 6.08 Å². The van der Waals surface area contributed by atoms with E-state index >= 15 is 4.39 Å². The zero-order valence-corrected chi connectivity index (χ0v) is 32.6. The fraction of sp³-hybridized carbons (Fsp3) is 0.683. The molecule has 0 amide bonds. The Morgan fingerprint density at radius 3 is 2.33 bits per heavy atom. The summed E-state index contributed by atoms with van der Waals surface area (Å²) >= 11 is 0. The van der Waals surface area contributed by atoms with Crippen LogP contribution < -0.4 is 0 Å². The van der Waals surface area contributed by atoms with Gasteiger partial charge in [-0.05, 0) is 72.2 Å². The number of nitrogens with zero attached hydrogens (tertiary/aromatic N) is 1. The molecule has 0 spiro atoms. The number of benzene rings is 1. The highest BCUT2D eigenvalue weighted by atomic mass is 19.1. The van der Waals surface area contributed by atoms with Crippen molar-refractivity contribution in [1.82, 2.24) is 4.90 Å². The van der Waals surface area contributed by atoms with E-state index in [2.05, 4.69) is 6.58 Å². The van der Waals surface area contributed by atoms with Gasteiger partial charge >= 0.3 is 5.97 Å². The van der Waals surface area contributed by atoms with Crippen LogP contribution in [-0.2, 0) is 38.1 Å². The van der Waals surface area contributed by atoms with Crippen molar-refractivity contribution < 1.29 is 47.6 Å². The molecule has 3 aliphatic rings. The molecule has 10 nitrogen and oxygen atoms in total. The average Bonchev–Trinajstić information content (AvgIpc) is 3.41. The van der Waals surface area contributed by atoms with E-state index in [0.29, 0.717) is 12.0 Å². The van der Waals surface area contributed by atoms with Crippen LogP contribution in [0.4, 0.5) is 4.39 Å². The van der Waals surface area contributed by atoms with Gasteiger partial charge in [0.25, 0.3) is 5.67 Å². The molecular formula is C41H60FNO9. The monoisotopic (exact) mass is 729 g/mol. The predicted octanol–water partition coefficient (Wildman–Crippen LogP) is 5.75. The van der Waals surface area contributed by atoms with Gasteiger partial charge in [-0.3, -0.25) is 9.59 Å². The molecule has 0 aromatic heterocycles. The van der Waals surface area contributed by atoms with Crippen molar-refractivity contribution in [1.29, 1.82) is 0 Å². The van der Waals surface area contributed by atoms with Gasteiger partial charge in [0, 0.05) is 29.7 Å². The largest absolute Gasteiger partial charge is 0.457 e. The molecule has 3 saturated heterocycles. The Balaban J connectivity index is 1.84. The highest BCUT2D eigenvalue weighted by molar-refractivity contribution is 6.07. The van der Waals surface area contributed by atoms with Crippen LogP contribution >= 0.6 is 0 Å². The van der Waals surface area contributed by atoms with E-state index in [4.69, 9.17) is 23.7 Å². The van der Waals surface area contributed by atoms with Crippen molar-refractivity contribution in [2.75, 3.05) is 27.3 Å². The zero-order valence-electron chi connectivity index (χ0n) is 32.6. The summed E-state index contributed by atoms with van der Waals surface area (Å²) in [5, 5.41) is 11.5. The molecule has 3 aliphatic heterocycles. The lowest BCUT2D eigenvalue weighted by Crippen LogP contribution is -2.61. The van der Waals surface area contributed by atoms with Gasteiger partial charge in [0.15, 0.2) is 12.1 Å². The summed E-state index contributed by atoms with van der Waals surface area (Å²) in [5.41, 5.74) is -4.11. The molecular weight excluding hydrogens is 669 g/mol. The van der Waals surface area contributed by atoms with Crippen LogP contribution in [0.2, 0.25) is 0 Å². The van der Waals surface area contributed by atoms with Gasteiger partial charge < -0.3 is 33.7 Å². The molecule has 13 atom stereocenters. The second kappa shape index (κ2) is 16.7. The third-order valence-corrected chi connectivity index (χ3v) is 11.5. The number of rotatable bonds is 8. The van der Waals surface area contributed by atoms with Crippen molar-refractivity contribution in [2.24, 2.45) is 23.7 Å². The second-order valence-electron chi connectivity index (χ2n) is 15.9. The number of ether oxygens (including phenoxy) is 5. The lowest BCUT2D eigenvalue weighted by atomic mass is 9.69. The van der Waals surface area contributed by atoms with E-state index in [1.54, 1.807) is 27.7 Å². The summed E-state index contributed by atoms with van der Waals surface area (Å²) in [5.74, 6) is -5.68. The van der Waals surface area contributed by atoms with E-state index in [1.807, 2.05) is 75.3 Å². The number of Topliss-reactive ketones (excluding diaryl/α,β-unsaturated/α-hetero) is 2. The van der Waals surface area contributed by atoms with E-state index in [9.17, 15) is 19.5 Å². The first kappa shape index (κ1) is 41.9. The molecule has 52 heavy (non-hydrogen) atoms. The number of aliphatic hydroxyl groups is 1. The lowest BCUT2D eigenvalue weighted by Gasteiger charge is -2.47. The molecule has 3 heterocycles. The highest BCUT2D eigenvalue weighted by Gasteiger charge is 2.58. The number of carbonyl (C=O) groups excluding carboxylic acids is 3. The number of aliphatic hydroxyl groups excluding tert-OH is 1. The number of hydrogen-bond donors (Lipinski definition) is 1. The van der Waals surface area contributed by atoms with Crippen LogP contribution in [0.3, 0.4) is 0 Å². The van der Waals surface area contributed by atoms with Crippen LogP contribution in [0.1, 0.15) is 80.2 Å². The molecule has 1 aromatic carbocycles. The minimum atomic E-state index is -3.09. The Morgan fingerprint density at radius 1 is 1.06 bits per heavy atom. The topological polar surface area (TPSA) is 121 Å². The minimum Gasteiger partial charge on any atom is -0.457 e. The summed E-state index contributed by atoms with van der Waals surface area (Å²) in [7, 11) is 3.69. The van der Waals surface area contributed by atoms with Gasteiger partial charge in [-0.1, -0.05) is 76.8 Å². The molecule has 1 N–H and O–H groups in total. The number of halogens is 1. The van der Waals surface area contributed by atoms with Gasteiger partial charge in [-0.2, -0.15) is 0 Å². The molecule has 4 rings (SSSR count). The average molecular weight is 730 g/mol. The van der Waals surface area contributed by atoms with Crippen LogP contribution in [0.5, 0.6) is 0 Å². The molecule has 0 bridgehead atoms. The predicted molar refractivity (Wildman–Crippen MR) is 196 cm³/mol. The first-order valence-electron chi connectivity index (χ1n) is 18.6. The fourth-order valence-electron chi connectivity index (χ4n) is 8.64. The molecule has 3 fully saturated rings. The van der Waals surface area contributed by atoms with E-state index in [0.717, 1.165) is 12.5 Å². The van der Waals surface area contributed by atoms with Crippen LogP contribution in [0.15, 0.2) is 48.6 Å². The number of cyclic esters (lactones) is 1. The van der Waals surface area contributed by atoms with Crippen molar-refractivity contribution in [2.45, 2.75) is 128 Å². The lowest BCUT2D eigenvalue weighted by molar-refractivity contribution is -0.297. The van der Waals surface area contributed by atoms with Gasteiger partial charge in [0.2, 0.25) is 0 Å². The van der Waals surface area contributed by atoms with E-state index in [-0.39, 0.29) is 44.0 Å². The van der Waals surface area contributed by atoms with E-state index in [1.165, 1.54) is 6.92 Å². The number of carbonyl (C=O) groups is 3. The summed E-state index contributed by atoms with van der Waals surface area (Å²) in [6.07, 6.45) is -0.412. The number of likely N-dealkylation sites (N-methyl/N-ethyl adjacent to an activating group) is 1. The highest BCUT2D eigenvalue weighted by Crippen LogP contribution is 2.47. The molecule has 0 radical (unpaired) electrons. The number of ketones is 2. The number of esters is 1. The molecule has 0 aliphatic carbocycles. The normalized spacial score (nSPS) is 41.2. The third kappa shape index (κ3) is 8.61. The molecule has 1 aromatic rings. The maximum Gasteiger partial charge on any atom is 0.351 e. The van der Waals surface area contributed by atoms with Gasteiger partial charge in [-0.15, -0.1) is 0 Å². The molecule has 2 unspecified atom stereocenters. The summed E-state index contributed by atoms with van der Waals surface area (Å²) < 4.78 is 48.2. The molecule has 0 saturated carbocycles. The third-order valence-electron chi connectivity index (χ3n) is 11.5. The Morgan fingerprint density at radius 2 is 1.71 bits per heavy atom. The minimum absolute atomic E-state index is 0.0475. The fourth-order valence-corrected chi connectivity index (χ4v) is 8.64. The smallest absolute Gasteiger partial charge is 0.351 e. The van der Waals surface area contributed by atoms with Crippen molar-refractivity contribution in [3.8, 4) is 0 Å². The Kier molecular flexibility index (Phi) is 13.5. The van der Waals surface area contributed by atoms with Gasteiger partial charge in [-0.25, -0.2) is 9.18 Å². The summed E-state index contributed by atoms with van der Waals surface area (Å²) in [6, 6.07) is 9.29. The maximum absolute atomic E-state index is 16.8. The number of fused-ring (bicyclic) bond motifs is 1. The first-order valence-corrected chi connectivity index (χ1v) is 18.6. The van der Waals surface area contributed by atoms with Crippen molar-refractivity contribution in [3.05, 3.63) is 54.1 Å². The standard InChI is InChI=1S/C41H60FNO9/c1-12-31-41(9)32(25(3)23-49-41)27(5)33(44)24(2)22-39(7,48-20-16-19-29-17-14-13-15-18-29)36(28(6)35(46)40(8,42)38(47)51-31)52-37-34(45)30(43(10)11)21-26(4)50-37/h13-19,24,26-28,30-32,34,36-37,45H,3,12,20-23H2,1-2,4-11H3/b19-16-/t24-,26-,27?,28+,30+,31-,32+,34-,36-,37+,39-,40?,41-/m1/s1. The maximum atomic E-state index is 16.8. The van der Waals surface area contributed by atoms with Crippen LogP contribution in [-0.4, -0.2) is 108 Å². The Bertz CT molecular complexity index is 1460. The Hall–Kier alpha value is -2.80.